The molecule has 5 nitrogen and oxygen atoms in total. The molecular formula is C27H36N4O. The standard InChI is InChI=1S/C27H36N4O/c1-4-17-31(18-5-2)19-9-16-28-27(32)24-20-26(30-25-11-8-7-10-23(24)25)29-22-14-12-21(6-3)13-15-22/h7-8,10-15,20H,4-6,9,16-19H2,1-3H3,(H,28,32)(H,29,30). The number of carbonyl (C=O) groups is 1. The van der Waals surface area contributed by atoms with Gasteiger partial charge in [-0.1, -0.05) is 51.1 Å². The Bertz CT molecular complexity index is 994. The van der Waals surface area contributed by atoms with Gasteiger partial charge in [0, 0.05) is 17.6 Å². The lowest BCUT2D eigenvalue weighted by Gasteiger charge is -2.20. The quantitative estimate of drug-likeness (QED) is 0.356. The van der Waals surface area contributed by atoms with E-state index in [9.17, 15) is 4.79 Å². The number of nitrogens with one attached hydrogen (secondary N) is 2. The third kappa shape index (κ3) is 6.54. The number of aryl methyl sites for hydroxylation is 1. The van der Waals surface area contributed by atoms with Gasteiger partial charge in [-0.15, -0.1) is 0 Å². The van der Waals surface area contributed by atoms with E-state index in [4.69, 9.17) is 4.98 Å². The predicted octanol–water partition coefficient (Wildman–Crippen LogP) is 5.78. The fourth-order valence-corrected chi connectivity index (χ4v) is 3.97. The van der Waals surface area contributed by atoms with Crippen LogP contribution in [0.1, 0.15) is 56.0 Å². The molecule has 0 aliphatic heterocycles. The van der Waals surface area contributed by atoms with Gasteiger partial charge in [0.2, 0.25) is 0 Å². The number of anilines is 2. The number of hydrogen-bond donors (Lipinski definition) is 2. The highest BCUT2D eigenvalue weighted by molar-refractivity contribution is 6.07. The first kappa shape index (κ1) is 23.7. The monoisotopic (exact) mass is 432 g/mol. The molecule has 0 saturated heterocycles. The zero-order valence-corrected chi connectivity index (χ0v) is 19.7. The Morgan fingerprint density at radius 3 is 2.34 bits per heavy atom. The smallest absolute Gasteiger partial charge is 0.252 e. The molecule has 3 rings (SSSR count). The van der Waals surface area contributed by atoms with Crippen LogP contribution < -0.4 is 10.6 Å². The van der Waals surface area contributed by atoms with Gasteiger partial charge in [0.15, 0.2) is 0 Å². The predicted molar refractivity (Wildman–Crippen MR) is 135 cm³/mol. The summed E-state index contributed by atoms with van der Waals surface area (Å²) in [5.41, 5.74) is 3.72. The average molecular weight is 433 g/mol. The first-order valence-electron chi connectivity index (χ1n) is 11.9. The normalized spacial score (nSPS) is 11.1. The summed E-state index contributed by atoms with van der Waals surface area (Å²) in [7, 11) is 0. The van der Waals surface area contributed by atoms with Gasteiger partial charge in [-0.05, 0) is 75.1 Å². The van der Waals surface area contributed by atoms with Crippen LogP contribution in [0.4, 0.5) is 11.5 Å². The van der Waals surface area contributed by atoms with Gasteiger partial charge in [-0.3, -0.25) is 4.79 Å². The molecule has 3 aromatic rings. The van der Waals surface area contributed by atoms with Crippen molar-refractivity contribution < 1.29 is 4.79 Å². The van der Waals surface area contributed by atoms with Crippen molar-refractivity contribution in [2.75, 3.05) is 31.5 Å². The molecule has 0 fully saturated rings. The Labute approximate surface area is 192 Å². The van der Waals surface area contributed by atoms with Crippen molar-refractivity contribution in [3.05, 3.63) is 65.7 Å². The minimum atomic E-state index is -0.0505. The van der Waals surface area contributed by atoms with E-state index in [0.29, 0.717) is 17.9 Å². The van der Waals surface area contributed by atoms with Gasteiger partial charge < -0.3 is 15.5 Å². The van der Waals surface area contributed by atoms with Gasteiger partial charge in [0.25, 0.3) is 5.91 Å². The van der Waals surface area contributed by atoms with Crippen LogP contribution in [0.15, 0.2) is 54.6 Å². The van der Waals surface area contributed by atoms with Crippen LogP contribution in [0.3, 0.4) is 0 Å². The second-order valence-corrected chi connectivity index (χ2v) is 8.20. The molecule has 170 valence electrons. The lowest BCUT2D eigenvalue weighted by Crippen LogP contribution is -2.31. The Kier molecular flexibility index (Phi) is 9.05. The summed E-state index contributed by atoms with van der Waals surface area (Å²) in [6, 6.07) is 18.0. The summed E-state index contributed by atoms with van der Waals surface area (Å²) in [5, 5.41) is 7.34. The van der Waals surface area contributed by atoms with Gasteiger partial charge in [0.05, 0.1) is 11.1 Å². The SMILES string of the molecule is CCCN(CCC)CCCNC(=O)c1cc(Nc2ccc(CC)cc2)nc2ccccc12. The molecule has 1 aromatic heterocycles. The van der Waals surface area contributed by atoms with Crippen LogP contribution in [0.5, 0.6) is 0 Å². The van der Waals surface area contributed by atoms with Gasteiger partial charge >= 0.3 is 0 Å². The van der Waals surface area contributed by atoms with E-state index in [1.165, 1.54) is 5.56 Å². The minimum Gasteiger partial charge on any atom is -0.352 e. The summed E-state index contributed by atoms with van der Waals surface area (Å²) in [4.78, 5) is 20.3. The number of carbonyl (C=O) groups excluding carboxylic acids is 1. The molecule has 0 aliphatic rings. The highest BCUT2D eigenvalue weighted by Gasteiger charge is 2.13. The zero-order valence-electron chi connectivity index (χ0n) is 19.7. The van der Waals surface area contributed by atoms with Crippen molar-refractivity contribution in [3.63, 3.8) is 0 Å². The van der Waals surface area contributed by atoms with E-state index in [0.717, 1.165) is 61.9 Å². The molecule has 1 heterocycles. The third-order valence-electron chi connectivity index (χ3n) is 5.61. The Morgan fingerprint density at radius 1 is 0.938 bits per heavy atom. The number of para-hydroxylation sites is 1. The number of aromatic nitrogens is 1. The molecule has 0 unspecified atom stereocenters. The van der Waals surface area contributed by atoms with Gasteiger partial charge in [0.1, 0.15) is 5.82 Å². The zero-order chi connectivity index (χ0) is 22.8. The Morgan fingerprint density at radius 2 is 1.66 bits per heavy atom. The van der Waals surface area contributed by atoms with Crippen molar-refractivity contribution in [1.29, 1.82) is 0 Å². The topological polar surface area (TPSA) is 57.3 Å². The Balaban J connectivity index is 1.70. The summed E-state index contributed by atoms with van der Waals surface area (Å²) >= 11 is 0. The number of benzene rings is 2. The fraction of sp³-hybridized carbons (Fsp3) is 0.407. The van der Waals surface area contributed by atoms with Crippen molar-refractivity contribution in [3.8, 4) is 0 Å². The molecule has 0 aliphatic carbocycles. The van der Waals surface area contributed by atoms with Crippen molar-refractivity contribution >= 4 is 28.3 Å². The molecular weight excluding hydrogens is 396 g/mol. The number of nitrogens with zero attached hydrogens (tertiary/aromatic N) is 2. The lowest BCUT2D eigenvalue weighted by atomic mass is 10.1. The minimum absolute atomic E-state index is 0.0505. The molecule has 1 amide bonds. The number of hydrogen-bond acceptors (Lipinski definition) is 4. The first-order valence-corrected chi connectivity index (χ1v) is 11.9. The van der Waals surface area contributed by atoms with E-state index in [2.05, 4.69) is 48.4 Å². The van der Waals surface area contributed by atoms with Crippen LogP contribution >= 0.6 is 0 Å². The highest BCUT2D eigenvalue weighted by atomic mass is 16.1. The first-order chi connectivity index (χ1) is 15.6. The molecule has 0 radical (unpaired) electrons. The molecule has 2 N–H and O–H groups in total. The number of pyridine rings is 1. The average Bonchev–Trinajstić information content (AvgIpc) is 2.82. The van der Waals surface area contributed by atoms with Crippen LogP contribution in [0.2, 0.25) is 0 Å². The second kappa shape index (κ2) is 12.2. The van der Waals surface area contributed by atoms with E-state index in [-0.39, 0.29) is 5.91 Å². The molecule has 2 aromatic carbocycles. The van der Waals surface area contributed by atoms with E-state index >= 15 is 0 Å². The molecule has 32 heavy (non-hydrogen) atoms. The van der Waals surface area contributed by atoms with Crippen LogP contribution in [-0.4, -0.2) is 42.0 Å². The fourth-order valence-electron chi connectivity index (χ4n) is 3.97. The van der Waals surface area contributed by atoms with Crippen LogP contribution in [0, 0.1) is 0 Å². The summed E-state index contributed by atoms with van der Waals surface area (Å²) in [6.45, 7) is 10.5. The maximum atomic E-state index is 13.1. The molecule has 0 spiro atoms. The number of rotatable bonds is 12. The van der Waals surface area contributed by atoms with Gasteiger partial charge in [-0.25, -0.2) is 4.98 Å². The van der Waals surface area contributed by atoms with Crippen molar-refractivity contribution in [2.45, 2.75) is 46.5 Å². The summed E-state index contributed by atoms with van der Waals surface area (Å²) < 4.78 is 0. The molecule has 5 heteroatoms. The maximum absolute atomic E-state index is 13.1. The van der Waals surface area contributed by atoms with E-state index in [1.807, 2.05) is 42.5 Å². The Hall–Kier alpha value is -2.92. The lowest BCUT2D eigenvalue weighted by molar-refractivity contribution is 0.0953. The largest absolute Gasteiger partial charge is 0.352 e. The number of amides is 1. The number of fused-ring (bicyclic) bond motifs is 1. The van der Waals surface area contributed by atoms with Gasteiger partial charge in [-0.2, -0.15) is 0 Å². The summed E-state index contributed by atoms with van der Waals surface area (Å²) in [6.07, 6.45) is 4.27. The maximum Gasteiger partial charge on any atom is 0.252 e. The molecule has 0 atom stereocenters. The highest BCUT2D eigenvalue weighted by Crippen LogP contribution is 2.23. The van der Waals surface area contributed by atoms with Crippen molar-refractivity contribution in [1.82, 2.24) is 15.2 Å². The van der Waals surface area contributed by atoms with Crippen molar-refractivity contribution in [2.24, 2.45) is 0 Å². The second-order valence-electron chi connectivity index (χ2n) is 8.20. The van der Waals surface area contributed by atoms with Crippen LogP contribution in [-0.2, 0) is 6.42 Å². The van der Waals surface area contributed by atoms with Crippen LogP contribution in [0.25, 0.3) is 10.9 Å². The molecule has 0 saturated carbocycles. The molecule has 0 bridgehead atoms. The van der Waals surface area contributed by atoms with E-state index in [1.54, 1.807) is 0 Å². The third-order valence-corrected chi connectivity index (χ3v) is 5.61. The summed E-state index contributed by atoms with van der Waals surface area (Å²) in [5.74, 6) is 0.626. The van der Waals surface area contributed by atoms with E-state index < -0.39 is 0 Å².